The van der Waals surface area contributed by atoms with Crippen molar-refractivity contribution in [2.75, 3.05) is 7.11 Å². The molecule has 0 radical (unpaired) electrons. The van der Waals surface area contributed by atoms with E-state index in [-0.39, 0.29) is 0 Å². The van der Waals surface area contributed by atoms with Gasteiger partial charge in [0.15, 0.2) is 0 Å². The fraction of sp³-hybridized carbons (Fsp3) is 0.429. The Hall–Kier alpha value is -1.08. The average molecular weight is 204 g/mol. The number of rotatable bonds is 7. The standard InChI is InChI=1S/C14H20O/c1-3-8-14(15-2)12-7-11-13-9-5-4-6-10-13/h3-6,9-10,14H,1,7-8,11-12H2,2H3. The van der Waals surface area contributed by atoms with Crippen molar-refractivity contribution in [1.82, 2.24) is 0 Å². The molecule has 1 rings (SSSR count). The van der Waals surface area contributed by atoms with Crippen molar-refractivity contribution in [3.63, 3.8) is 0 Å². The van der Waals surface area contributed by atoms with Crippen LogP contribution in [0.4, 0.5) is 0 Å². The summed E-state index contributed by atoms with van der Waals surface area (Å²) < 4.78 is 5.36. The Morgan fingerprint density at radius 1 is 1.33 bits per heavy atom. The molecular weight excluding hydrogens is 184 g/mol. The normalized spacial score (nSPS) is 12.3. The van der Waals surface area contributed by atoms with E-state index < -0.39 is 0 Å². The molecule has 1 nitrogen and oxygen atoms in total. The summed E-state index contributed by atoms with van der Waals surface area (Å²) in [6.07, 6.45) is 6.64. The highest BCUT2D eigenvalue weighted by Gasteiger charge is 2.04. The van der Waals surface area contributed by atoms with Gasteiger partial charge in [0.25, 0.3) is 0 Å². The lowest BCUT2D eigenvalue weighted by molar-refractivity contribution is 0.0961. The molecule has 0 aromatic heterocycles. The molecule has 0 fully saturated rings. The lowest BCUT2D eigenvalue weighted by atomic mass is 10.0. The smallest absolute Gasteiger partial charge is 0.0605 e. The van der Waals surface area contributed by atoms with Gasteiger partial charge in [0.05, 0.1) is 6.10 Å². The highest BCUT2D eigenvalue weighted by Crippen LogP contribution is 2.10. The second-order valence-corrected chi connectivity index (χ2v) is 3.76. The van der Waals surface area contributed by atoms with E-state index >= 15 is 0 Å². The first-order chi connectivity index (χ1) is 7.36. The van der Waals surface area contributed by atoms with E-state index in [2.05, 4.69) is 36.9 Å². The topological polar surface area (TPSA) is 9.23 Å². The van der Waals surface area contributed by atoms with E-state index in [1.807, 2.05) is 6.08 Å². The summed E-state index contributed by atoms with van der Waals surface area (Å²) in [5.41, 5.74) is 1.41. The third kappa shape index (κ3) is 4.80. The van der Waals surface area contributed by atoms with Crippen molar-refractivity contribution >= 4 is 0 Å². The maximum atomic E-state index is 5.36. The van der Waals surface area contributed by atoms with Crippen LogP contribution in [0.15, 0.2) is 43.0 Å². The van der Waals surface area contributed by atoms with Gasteiger partial charge in [-0.15, -0.1) is 6.58 Å². The summed E-state index contributed by atoms with van der Waals surface area (Å²) in [7, 11) is 1.77. The molecule has 1 aromatic rings. The summed E-state index contributed by atoms with van der Waals surface area (Å²) in [6.45, 7) is 3.73. The Morgan fingerprint density at radius 3 is 2.67 bits per heavy atom. The van der Waals surface area contributed by atoms with Crippen molar-refractivity contribution in [2.24, 2.45) is 0 Å². The highest BCUT2D eigenvalue weighted by molar-refractivity contribution is 5.14. The molecule has 1 heteroatoms. The Labute approximate surface area is 92.8 Å². The van der Waals surface area contributed by atoms with Crippen LogP contribution in [0.5, 0.6) is 0 Å². The first-order valence-corrected chi connectivity index (χ1v) is 5.54. The van der Waals surface area contributed by atoms with Crippen LogP contribution < -0.4 is 0 Å². The Morgan fingerprint density at radius 2 is 2.07 bits per heavy atom. The first-order valence-electron chi connectivity index (χ1n) is 5.54. The molecule has 0 aliphatic heterocycles. The second kappa shape index (κ2) is 7.24. The van der Waals surface area contributed by atoms with Crippen LogP contribution in [-0.4, -0.2) is 13.2 Å². The van der Waals surface area contributed by atoms with Crippen molar-refractivity contribution in [1.29, 1.82) is 0 Å². The molecule has 1 unspecified atom stereocenters. The molecular formula is C14H20O. The van der Waals surface area contributed by atoms with Gasteiger partial charge in [0.2, 0.25) is 0 Å². The van der Waals surface area contributed by atoms with E-state index in [4.69, 9.17) is 4.74 Å². The molecule has 15 heavy (non-hydrogen) atoms. The van der Waals surface area contributed by atoms with Gasteiger partial charge in [0.1, 0.15) is 0 Å². The molecule has 0 saturated carbocycles. The van der Waals surface area contributed by atoms with Gasteiger partial charge in [-0.1, -0.05) is 36.4 Å². The van der Waals surface area contributed by atoms with E-state index in [1.54, 1.807) is 7.11 Å². The molecule has 0 saturated heterocycles. The predicted molar refractivity (Wildman–Crippen MR) is 65.0 cm³/mol. The zero-order chi connectivity index (χ0) is 10.9. The van der Waals surface area contributed by atoms with E-state index in [0.29, 0.717) is 6.10 Å². The maximum Gasteiger partial charge on any atom is 0.0605 e. The molecule has 0 N–H and O–H groups in total. The van der Waals surface area contributed by atoms with Crippen LogP contribution in [0.1, 0.15) is 24.8 Å². The molecule has 0 aliphatic rings. The largest absolute Gasteiger partial charge is 0.381 e. The minimum absolute atomic E-state index is 0.339. The van der Waals surface area contributed by atoms with Crippen LogP contribution in [0.25, 0.3) is 0 Å². The SMILES string of the molecule is C=CCC(CCCc1ccccc1)OC. The van der Waals surface area contributed by atoms with Crippen LogP contribution >= 0.6 is 0 Å². The predicted octanol–water partition coefficient (Wildman–Crippen LogP) is 3.60. The Bertz CT molecular complexity index is 266. The van der Waals surface area contributed by atoms with Gasteiger partial charge in [-0.2, -0.15) is 0 Å². The summed E-state index contributed by atoms with van der Waals surface area (Å²) in [5.74, 6) is 0. The third-order valence-corrected chi connectivity index (χ3v) is 2.60. The van der Waals surface area contributed by atoms with E-state index in [9.17, 15) is 0 Å². The Kier molecular flexibility index (Phi) is 5.79. The quantitative estimate of drug-likeness (QED) is 0.617. The fourth-order valence-corrected chi connectivity index (χ4v) is 1.70. The van der Waals surface area contributed by atoms with E-state index in [0.717, 1.165) is 19.3 Å². The fourth-order valence-electron chi connectivity index (χ4n) is 1.70. The van der Waals surface area contributed by atoms with Crippen molar-refractivity contribution < 1.29 is 4.74 Å². The first kappa shape index (κ1) is 12.0. The monoisotopic (exact) mass is 204 g/mol. The van der Waals surface area contributed by atoms with Crippen LogP contribution in [0, 0.1) is 0 Å². The molecule has 1 aromatic carbocycles. The average Bonchev–Trinajstić information content (AvgIpc) is 2.29. The van der Waals surface area contributed by atoms with Crippen molar-refractivity contribution in [3.8, 4) is 0 Å². The van der Waals surface area contributed by atoms with Crippen LogP contribution in [-0.2, 0) is 11.2 Å². The van der Waals surface area contributed by atoms with Crippen molar-refractivity contribution in [3.05, 3.63) is 48.6 Å². The number of benzene rings is 1. The van der Waals surface area contributed by atoms with E-state index in [1.165, 1.54) is 12.0 Å². The Balaban J connectivity index is 2.23. The second-order valence-electron chi connectivity index (χ2n) is 3.76. The molecule has 0 aliphatic carbocycles. The molecule has 0 bridgehead atoms. The lowest BCUT2D eigenvalue weighted by Gasteiger charge is -2.12. The van der Waals surface area contributed by atoms with Gasteiger partial charge in [-0.05, 0) is 31.2 Å². The minimum atomic E-state index is 0.339. The number of methoxy groups -OCH3 is 1. The highest BCUT2D eigenvalue weighted by atomic mass is 16.5. The number of hydrogen-bond donors (Lipinski definition) is 0. The third-order valence-electron chi connectivity index (χ3n) is 2.60. The minimum Gasteiger partial charge on any atom is -0.381 e. The lowest BCUT2D eigenvalue weighted by Crippen LogP contribution is -2.09. The molecule has 0 spiro atoms. The van der Waals surface area contributed by atoms with Crippen LogP contribution in [0.3, 0.4) is 0 Å². The molecule has 0 amide bonds. The summed E-state index contributed by atoms with van der Waals surface area (Å²) in [5, 5.41) is 0. The molecule has 82 valence electrons. The van der Waals surface area contributed by atoms with Gasteiger partial charge in [0, 0.05) is 7.11 Å². The van der Waals surface area contributed by atoms with Gasteiger partial charge in [-0.25, -0.2) is 0 Å². The summed E-state index contributed by atoms with van der Waals surface area (Å²) in [4.78, 5) is 0. The maximum absolute atomic E-state index is 5.36. The molecule has 1 atom stereocenters. The van der Waals surface area contributed by atoms with Gasteiger partial charge in [-0.3, -0.25) is 0 Å². The van der Waals surface area contributed by atoms with Gasteiger partial charge < -0.3 is 4.74 Å². The zero-order valence-electron chi connectivity index (χ0n) is 9.49. The number of hydrogen-bond acceptors (Lipinski definition) is 1. The van der Waals surface area contributed by atoms with Gasteiger partial charge >= 0.3 is 0 Å². The molecule has 0 heterocycles. The zero-order valence-corrected chi connectivity index (χ0v) is 9.49. The van der Waals surface area contributed by atoms with Crippen LogP contribution in [0.2, 0.25) is 0 Å². The number of aryl methyl sites for hydroxylation is 1. The number of ether oxygens (including phenoxy) is 1. The summed E-state index contributed by atoms with van der Waals surface area (Å²) in [6, 6.07) is 10.6. The summed E-state index contributed by atoms with van der Waals surface area (Å²) >= 11 is 0. The van der Waals surface area contributed by atoms with Crippen molar-refractivity contribution in [2.45, 2.75) is 31.8 Å².